The van der Waals surface area contributed by atoms with Gasteiger partial charge in [-0.15, -0.1) is 0 Å². The lowest BCUT2D eigenvalue weighted by Gasteiger charge is -2.09. The van der Waals surface area contributed by atoms with Crippen molar-refractivity contribution >= 4 is 33.4 Å². The van der Waals surface area contributed by atoms with E-state index in [9.17, 15) is 4.79 Å². The predicted octanol–water partition coefficient (Wildman–Crippen LogP) is 3.29. The molecule has 0 saturated heterocycles. The molecular weight excluding hydrogens is 312 g/mol. The van der Waals surface area contributed by atoms with E-state index in [1.165, 1.54) is 12.3 Å². The third kappa shape index (κ3) is 3.23. The average Bonchev–Trinajstić information content (AvgIpc) is 2.41. The number of aromatic nitrogens is 1. The van der Waals surface area contributed by atoms with Gasteiger partial charge >= 0.3 is 5.97 Å². The number of ether oxygens (including phenoxy) is 1. The van der Waals surface area contributed by atoms with E-state index >= 15 is 0 Å². The van der Waals surface area contributed by atoms with E-state index in [2.05, 4.69) is 26.2 Å². The molecule has 0 fully saturated rings. The van der Waals surface area contributed by atoms with Gasteiger partial charge in [-0.25, -0.2) is 9.78 Å². The molecule has 2 rings (SSSR count). The Labute approximate surface area is 118 Å². The zero-order valence-corrected chi connectivity index (χ0v) is 11.6. The molecule has 19 heavy (non-hydrogen) atoms. The molecule has 5 nitrogen and oxygen atoms in total. The summed E-state index contributed by atoms with van der Waals surface area (Å²) in [4.78, 5) is 15.2. The van der Waals surface area contributed by atoms with Gasteiger partial charge in [-0.2, -0.15) is 0 Å². The zero-order valence-electron chi connectivity index (χ0n) is 10.1. The second-order valence-electron chi connectivity index (χ2n) is 3.71. The Morgan fingerprint density at radius 3 is 2.63 bits per heavy atom. The molecule has 0 amide bonds. The van der Waals surface area contributed by atoms with Crippen molar-refractivity contribution in [3.63, 3.8) is 0 Å². The van der Waals surface area contributed by atoms with Gasteiger partial charge in [0, 0.05) is 16.4 Å². The highest BCUT2D eigenvalue weighted by Gasteiger charge is 2.12. The summed E-state index contributed by atoms with van der Waals surface area (Å²) in [5, 5.41) is 12.1. The number of anilines is 2. The molecule has 2 aromatic rings. The van der Waals surface area contributed by atoms with Crippen LogP contribution in [0, 0.1) is 0 Å². The van der Waals surface area contributed by atoms with E-state index in [4.69, 9.17) is 9.84 Å². The molecule has 0 radical (unpaired) electrons. The summed E-state index contributed by atoms with van der Waals surface area (Å²) in [5.74, 6) is -0.0153. The van der Waals surface area contributed by atoms with Crippen LogP contribution in [0.1, 0.15) is 10.4 Å². The van der Waals surface area contributed by atoms with Gasteiger partial charge in [0.2, 0.25) is 0 Å². The van der Waals surface area contributed by atoms with Crippen LogP contribution in [0.5, 0.6) is 5.75 Å². The molecule has 0 aliphatic carbocycles. The normalized spacial score (nSPS) is 10.0. The van der Waals surface area contributed by atoms with E-state index in [1.807, 2.05) is 0 Å². The fraction of sp³-hybridized carbons (Fsp3) is 0.0769. The second kappa shape index (κ2) is 5.71. The van der Waals surface area contributed by atoms with E-state index in [1.54, 1.807) is 31.4 Å². The van der Waals surface area contributed by atoms with Crippen molar-refractivity contribution in [2.75, 3.05) is 12.4 Å². The first-order valence-electron chi connectivity index (χ1n) is 5.40. The molecule has 0 aliphatic rings. The summed E-state index contributed by atoms with van der Waals surface area (Å²) in [5.41, 5.74) is 0.836. The molecule has 0 unspecified atom stereocenters. The van der Waals surface area contributed by atoms with Crippen LogP contribution < -0.4 is 10.1 Å². The van der Waals surface area contributed by atoms with Gasteiger partial charge < -0.3 is 15.2 Å². The second-order valence-corrected chi connectivity index (χ2v) is 4.62. The minimum Gasteiger partial charge on any atom is -0.497 e. The summed E-state index contributed by atoms with van der Waals surface area (Å²) < 4.78 is 5.67. The maximum Gasteiger partial charge on any atom is 0.339 e. The van der Waals surface area contributed by atoms with Crippen molar-refractivity contribution in [2.45, 2.75) is 0 Å². The maximum absolute atomic E-state index is 11.1. The molecule has 6 heteroatoms. The van der Waals surface area contributed by atoms with Gasteiger partial charge in [-0.05, 0) is 46.3 Å². The number of pyridine rings is 1. The number of benzene rings is 1. The molecule has 1 aromatic carbocycles. The number of carboxylic acids is 1. The first-order valence-corrected chi connectivity index (χ1v) is 6.19. The van der Waals surface area contributed by atoms with Crippen molar-refractivity contribution in [2.24, 2.45) is 0 Å². The first-order chi connectivity index (χ1) is 9.10. The number of methoxy groups -OCH3 is 1. The molecule has 0 atom stereocenters. The number of hydrogen-bond donors (Lipinski definition) is 2. The van der Waals surface area contributed by atoms with Crippen LogP contribution in [-0.4, -0.2) is 23.2 Å². The number of rotatable bonds is 4. The van der Waals surface area contributed by atoms with Crippen molar-refractivity contribution in [1.29, 1.82) is 0 Å². The number of halogens is 1. The Morgan fingerprint density at radius 1 is 1.37 bits per heavy atom. The number of carboxylic acid groups (broad SMARTS) is 1. The largest absolute Gasteiger partial charge is 0.497 e. The SMILES string of the molecule is COc1ccc(Nc2ncc(Br)cc2C(=O)O)cc1. The van der Waals surface area contributed by atoms with E-state index in [0.29, 0.717) is 10.3 Å². The summed E-state index contributed by atoms with van der Waals surface area (Å²) in [6, 6.07) is 8.63. The lowest BCUT2D eigenvalue weighted by molar-refractivity contribution is 0.0697. The van der Waals surface area contributed by atoms with Crippen molar-refractivity contribution in [1.82, 2.24) is 4.98 Å². The third-order valence-corrected chi connectivity index (χ3v) is 2.87. The van der Waals surface area contributed by atoms with Crippen LogP contribution in [0.25, 0.3) is 0 Å². The van der Waals surface area contributed by atoms with Gasteiger partial charge in [0.15, 0.2) is 0 Å². The molecule has 2 N–H and O–H groups in total. The lowest BCUT2D eigenvalue weighted by atomic mass is 10.2. The van der Waals surface area contributed by atoms with Crippen LogP contribution in [0.3, 0.4) is 0 Å². The van der Waals surface area contributed by atoms with Gasteiger partial charge in [0.1, 0.15) is 17.1 Å². The monoisotopic (exact) mass is 322 g/mol. The molecule has 1 heterocycles. The van der Waals surface area contributed by atoms with Crippen molar-refractivity contribution in [3.8, 4) is 5.75 Å². The Morgan fingerprint density at radius 2 is 2.05 bits per heavy atom. The average molecular weight is 323 g/mol. The van der Waals surface area contributed by atoms with Crippen LogP contribution in [-0.2, 0) is 0 Å². The topological polar surface area (TPSA) is 71.5 Å². The Balaban J connectivity index is 2.29. The summed E-state index contributed by atoms with van der Waals surface area (Å²) in [6.07, 6.45) is 1.54. The molecule has 0 aliphatic heterocycles. The fourth-order valence-corrected chi connectivity index (χ4v) is 1.84. The highest BCUT2D eigenvalue weighted by atomic mass is 79.9. The molecule has 1 aromatic heterocycles. The molecule has 98 valence electrons. The predicted molar refractivity (Wildman–Crippen MR) is 75.2 cm³/mol. The maximum atomic E-state index is 11.1. The van der Waals surface area contributed by atoms with Crippen LogP contribution in [0.2, 0.25) is 0 Å². The number of nitrogens with one attached hydrogen (secondary N) is 1. The van der Waals surface area contributed by atoms with Crippen LogP contribution in [0.15, 0.2) is 41.0 Å². The van der Waals surface area contributed by atoms with E-state index < -0.39 is 5.97 Å². The summed E-state index contributed by atoms with van der Waals surface area (Å²) >= 11 is 3.20. The van der Waals surface area contributed by atoms with Crippen molar-refractivity contribution in [3.05, 3.63) is 46.6 Å². The number of hydrogen-bond acceptors (Lipinski definition) is 4. The van der Waals surface area contributed by atoms with E-state index in [-0.39, 0.29) is 5.56 Å². The minimum atomic E-state index is -1.04. The van der Waals surface area contributed by atoms with Crippen molar-refractivity contribution < 1.29 is 14.6 Å². The smallest absolute Gasteiger partial charge is 0.339 e. The highest BCUT2D eigenvalue weighted by molar-refractivity contribution is 9.10. The fourth-order valence-electron chi connectivity index (χ4n) is 1.51. The van der Waals surface area contributed by atoms with Gasteiger partial charge in [-0.3, -0.25) is 0 Å². The molecule has 0 spiro atoms. The van der Waals surface area contributed by atoms with Crippen LogP contribution in [0.4, 0.5) is 11.5 Å². The Hall–Kier alpha value is -2.08. The lowest BCUT2D eigenvalue weighted by Crippen LogP contribution is -2.04. The molecule has 0 saturated carbocycles. The standard InChI is InChI=1S/C13H11BrN2O3/c1-19-10-4-2-9(3-5-10)16-12-11(13(17)18)6-8(14)7-15-12/h2-7H,1H3,(H,15,16)(H,17,18). The van der Waals surface area contributed by atoms with Gasteiger partial charge in [0.25, 0.3) is 0 Å². The Bertz CT molecular complexity index is 599. The van der Waals surface area contributed by atoms with Gasteiger partial charge in [-0.1, -0.05) is 0 Å². The zero-order chi connectivity index (χ0) is 13.8. The molecule has 0 bridgehead atoms. The van der Waals surface area contributed by atoms with E-state index in [0.717, 1.165) is 11.4 Å². The number of aromatic carboxylic acids is 1. The Kier molecular flexibility index (Phi) is 4.01. The quantitative estimate of drug-likeness (QED) is 0.903. The number of carbonyl (C=O) groups is 1. The third-order valence-electron chi connectivity index (χ3n) is 2.44. The minimum absolute atomic E-state index is 0.102. The number of nitrogens with zero attached hydrogens (tertiary/aromatic N) is 1. The highest BCUT2D eigenvalue weighted by Crippen LogP contribution is 2.23. The van der Waals surface area contributed by atoms with Gasteiger partial charge in [0.05, 0.1) is 7.11 Å². The first kappa shape index (κ1) is 13.4. The summed E-state index contributed by atoms with van der Waals surface area (Å²) in [6.45, 7) is 0. The summed E-state index contributed by atoms with van der Waals surface area (Å²) in [7, 11) is 1.58. The van der Waals surface area contributed by atoms with Crippen LogP contribution >= 0.6 is 15.9 Å². The molecular formula is C13H11BrN2O3.